The summed E-state index contributed by atoms with van der Waals surface area (Å²) in [6, 6.07) is 12.9. The van der Waals surface area contributed by atoms with Crippen LogP contribution in [0.15, 0.2) is 48.5 Å². The number of non-ortho nitro benzene ring substituents is 1. The third-order valence-corrected chi connectivity index (χ3v) is 3.57. The maximum absolute atomic E-state index is 11.7. The molecule has 0 saturated carbocycles. The Hall–Kier alpha value is -3.22. The van der Waals surface area contributed by atoms with E-state index in [0.29, 0.717) is 12.2 Å². The molecule has 1 amide bonds. The number of rotatable bonds is 6. The molecule has 2 aromatic carbocycles. The second kappa shape index (κ2) is 8.58. The molecule has 0 heterocycles. The second-order valence-electron chi connectivity index (χ2n) is 5.32. The fourth-order valence-electron chi connectivity index (χ4n) is 2.12. The molecule has 0 spiro atoms. The summed E-state index contributed by atoms with van der Waals surface area (Å²) in [7, 11) is 0. The summed E-state index contributed by atoms with van der Waals surface area (Å²) in [5.41, 5.74) is 1.92. The van der Waals surface area contributed by atoms with Crippen LogP contribution >= 0.6 is 0 Å². The Morgan fingerprint density at radius 3 is 2.20 bits per heavy atom. The molecule has 0 radical (unpaired) electrons. The van der Waals surface area contributed by atoms with E-state index < -0.39 is 16.8 Å². The van der Waals surface area contributed by atoms with Crippen LogP contribution in [0.25, 0.3) is 0 Å². The minimum Gasteiger partial charge on any atom is -0.419 e. The number of hydrogen-bond acceptors (Lipinski definition) is 5. The normalized spacial score (nSPS) is 10.1. The number of aryl methyl sites for hydroxylation is 1. The van der Waals surface area contributed by atoms with Crippen LogP contribution in [0.5, 0.6) is 5.75 Å². The summed E-state index contributed by atoms with van der Waals surface area (Å²) in [5, 5.41) is 13.0. The highest BCUT2D eigenvalue weighted by Crippen LogP contribution is 2.13. The van der Waals surface area contributed by atoms with Crippen molar-refractivity contribution in [2.75, 3.05) is 6.54 Å². The molecule has 7 heteroatoms. The van der Waals surface area contributed by atoms with E-state index in [1.54, 1.807) is 24.3 Å². The van der Waals surface area contributed by atoms with Gasteiger partial charge in [-0.15, -0.1) is 0 Å². The molecule has 0 aromatic heterocycles. The van der Waals surface area contributed by atoms with Crippen molar-refractivity contribution in [3.8, 4) is 5.75 Å². The van der Waals surface area contributed by atoms with Crippen LogP contribution in [-0.2, 0) is 22.4 Å². The van der Waals surface area contributed by atoms with Crippen LogP contribution in [0.4, 0.5) is 5.69 Å². The molecule has 2 aromatic rings. The Morgan fingerprint density at radius 2 is 1.64 bits per heavy atom. The lowest BCUT2D eigenvalue weighted by Gasteiger charge is -2.06. The van der Waals surface area contributed by atoms with Crippen molar-refractivity contribution in [1.82, 2.24) is 5.32 Å². The third kappa shape index (κ3) is 5.42. The Labute approximate surface area is 144 Å². The Bertz CT molecular complexity index is 754. The van der Waals surface area contributed by atoms with Gasteiger partial charge in [-0.2, -0.15) is 0 Å². The number of nitrogens with zero attached hydrogens (tertiary/aromatic N) is 1. The van der Waals surface area contributed by atoms with Gasteiger partial charge >= 0.3 is 11.9 Å². The van der Waals surface area contributed by atoms with Crippen molar-refractivity contribution in [2.24, 2.45) is 0 Å². The van der Waals surface area contributed by atoms with E-state index in [9.17, 15) is 19.7 Å². The first-order chi connectivity index (χ1) is 12.0. The molecular formula is C18H18N2O5. The number of hydrogen-bond donors (Lipinski definition) is 1. The fraction of sp³-hybridized carbons (Fsp3) is 0.222. The lowest BCUT2D eigenvalue weighted by molar-refractivity contribution is -0.384. The number of ether oxygens (including phenoxy) is 1. The number of amides is 1. The zero-order valence-corrected chi connectivity index (χ0v) is 13.7. The van der Waals surface area contributed by atoms with Crippen LogP contribution in [0, 0.1) is 10.1 Å². The van der Waals surface area contributed by atoms with Crippen molar-refractivity contribution in [3.63, 3.8) is 0 Å². The van der Waals surface area contributed by atoms with Gasteiger partial charge in [0.05, 0.1) is 4.92 Å². The van der Waals surface area contributed by atoms with Crippen molar-refractivity contribution in [3.05, 3.63) is 69.8 Å². The van der Waals surface area contributed by atoms with Crippen LogP contribution in [0.2, 0.25) is 0 Å². The van der Waals surface area contributed by atoms with Crippen molar-refractivity contribution >= 4 is 17.6 Å². The summed E-state index contributed by atoms with van der Waals surface area (Å²) < 4.78 is 4.99. The van der Waals surface area contributed by atoms with Gasteiger partial charge in [0.15, 0.2) is 0 Å². The van der Waals surface area contributed by atoms with Gasteiger partial charge in [-0.05, 0) is 36.1 Å². The highest BCUT2D eigenvalue weighted by atomic mass is 16.6. The zero-order valence-electron chi connectivity index (χ0n) is 13.7. The Kier molecular flexibility index (Phi) is 6.22. The van der Waals surface area contributed by atoms with E-state index in [1.165, 1.54) is 12.1 Å². The molecule has 0 bridgehead atoms. The third-order valence-electron chi connectivity index (χ3n) is 3.57. The Morgan fingerprint density at radius 1 is 1.04 bits per heavy atom. The lowest BCUT2D eigenvalue weighted by Crippen LogP contribution is -2.35. The molecule has 0 aliphatic carbocycles. The standard InChI is InChI=1S/C18H18N2O5/c1-2-13-5-9-16(10-6-13)25-18(22)17(21)19-12-11-14-3-7-15(8-4-14)20(23)24/h3-10H,2,11-12H2,1H3,(H,19,21)/i17+1,18+1. The van der Waals surface area contributed by atoms with Crippen LogP contribution < -0.4 is 10.1 Å². The van der Waals surface area contributed by atoms with Gasteiger partial charge in [0.2, 0.25) is 0 Å². The van der Waals surface area contributed by atoms with Gasteiger partial charge in [-0.25, -0.2) is 4.79 Å². The maximum Gasteiger partial charge on any atom is 0.402 e. The minimum absolute atomic E-state index is 0.00505. The molecule has 0 unspecified atom stereocenters. The first-order valence-electron chi connectivity index (χ1n) is 7.82. The maximum atomic E-state index is 11.7. The average Bonchev–Trinajstić information content (AvgIpc) is 2.62. The lowest BCUT2D eigenvalue weighted by atomic mass is 10.1. The van der Waals surface area contributed by atoms with Gasteiger partial charge in [0, 0.05) is 18.7 Å². The summed E-state index contributed by atoms with van der Waals surface area (Å²) in [5.74, 6) is -1.50. The summed E-state index contributed by atoms with van der Waals surface area (Å²) in [4.78, 5) is 33.5. The number of esters is 1. The summed E-state index contributed by atoms with van der Waals surface area (Å²) in [6.07, 6.45) is 1.32. The predicted octanol–water partition coefficient (Wildman–Crippen LogP) is 2.42. The van der Waals surface area contributed by atoms with Crippen molar-refractivity contribution in [1.29, 1.82) is 0 Å². The minimum atomic E-state index is -0.979. The second-order valence-corrected chi connectivity index (χ2v) is 5.32. The van der Waals surface area contributed by atoms with Gasteiger partial charge in [-0.3, -0.25) is 14.9 Å². The quantitative estimate of drug-likeness (QED) is 0.217. The molecule has 0 aliphatic rings. The summed E-state index contributed by atoms with van der Waals surface area (Å²) in [6.45, 7) is 2.24. The van der Waals surface area contributed by atoms with Crippen LogP contribution in [0.3, 0.4) is 0 Å². The molecular weight excluding hydrogens is 326 g/mol. The molecule has 0 saturated heterocycles. The molecule has 7 nitrogen and oxygen atoms in total. The van der Waals surface area contributed by atoms with Gasteiger partial charge in [-0.1, -0.05) is 31.2 Å². The number of benzene rings is 2. The van der Waals surface area contributed by atoms with Crippen molar-refractivity contribution < 1.29 is 19.2 Å². The molecule has 0 atom stereocenters. The fourth-order valence-corrected chi connectivity index (χ4v) is 2.12. The SMILES string of the molecule is CCc1ccc(O[13C](=O)[13C](=O)NCCc2ccc([N+](=O)[O-])cc2)cc1. The first kappa shape index (κ1) is 18.1. The molecule has 130 valence electrons. The van der Waals surface area contributed by atoms with E-state index in [1.807, 2.05) is 19.1 Å². The van der Waals surface area contributed by atoms with E-state index >= 15 is 0 Å². The number of nitrogens with one attached hydrogen (secondary N) is 1. The van der Waals surface area contributed by atoms with Gasteiger partial charge < -0.3 is 10.1 Å². The average molecular weight is 344 g/mol. The van der Waals surface area contributed by atoms with Gasteiger partial charge in [0.25, 0.3) is 5.69 Å². The largest absolute Gasteiger partial charge is 0.419 e. The number of nitro benzene ring substituents is 1. The molecule has 0 aliphatic heterocycles. The van der Waals surface area contributed by atoms with Crippen LogP contribution in [0.1, 0.15) is 18.1 Å². The zero-order chi connectivity index (χ0) is 18.2. The van der Waals surface area contributed by atoms with E-state index in [0.717, 1.165) is 17.5 Å². The smallest absolute Gasteiger partial charge is 0.402 e. The highest BCUT2D eigenvalue weighted by molar-refractivity contribution is 6.33. The van der Waals surface area contributed by atoms with Crippen LogP contribution in [-0.4, -0.2) is 23.3 Å². The predicted molar refractivity (Wildman–Crippen MR) is 91.3 cm³/mol. The highest BCUT2D eigenvalue weighted by Gasteiger charge is 2.15. The molecule has 25 heavy (non-hydrogen) atoms. The van der Waals surface area contributed by atoms with E-state index in [2.05, 4.69) is 5.32 Å². The molecule has 2 rings (SSSR count). The van der Waals surface area contributed by atoms with E-state index in [-0.39, 0.29) is 12.2 Å². The monoisotopic (exact) mass is 344 g/mol. The molecule has 0 fully saturated rings. The summed E-state index contributed by atoms with van der Waals surface area (Å²) >= 11 is 0. The van der Waals surface area contributed by atoms with Crippen molar-refractivity contribution in [2.45, 2.75) is 19.8 Å². The Balaban J connectivity index is 1.78. The number of nitro groups is 1. The number of carbonyl (C=O) groups is 2. The van der Waals surface area contributed by atoms with Gasteiger partial charge in [0.1, 0.15) is 5.75 Å². The number of carbonyl (C=O) groups excluding carboxylic acids is 2. The van der Waals surface area contributed by atoms with E-state index in [4.69, 9.17) is 4.74 Å². The molecule has 1 N–H and O–H groups in total. The first-order valence-corrected chi connectivity index (χ1v) is 7.82. The topological polar surface area (TPSA) is 98.5 Å².